The Morgan fingerprint density at radius 2 is 1.17 bits per heavy atom. The lowest BCUT2D eigenvalue weighted by Gasteiger charge is -2.44. The number of aliphatic hydroxyl groups is 8. The van der Waals surface area contributed by atoms with Crippen LogP contribution in [0.1, 0.15) is 0 Å². The number of rotatable bonds is 4. The summed E-state index contributed by atoms with van der Waals surface area (Å²) in [6.07, 6.45) is -15.6. The van der Waals surface area contributed by atoms with E-state index in [4.69, 9.17) is 24.4 Å². The van der Waals surface area contributed by atoms with Gasteiger partial charge in [0.2, 0.25) is 0 Å². The molecular weight excluding hydrogens is 320 g/mol. The van der Waals surface area contributed by atoms with Crippen molar-refractivity contribution in [1.82, 2.24) is 0 Å². The van der Waals surface area contributed by atoms with Crippen LogP contribution in [0.15, 0.2) is 0 Å². The highest BCUT2D eigenvalue weighted by atomic mass is 16.7. The van der Waals surface area contributed by atoms with E-state index in [0.717, 1.165) is 0 Å². The Bertz CT molecular complexity index is 380. The second-order valence-corrected chi connectivity index (χ2v) is 5.53. The molecule has 2 fully saturated rings. The molecule has 0 radical (unpaired) electrons. The fourth-order valence-electron chi connectivity index (χ4n) is 2.55. The summed E-state index contributed by atoms with van der Waals surface area (Å²) in [6, 6.07) is 0. The van der Waals surface area contributed by atoms with Gasteiger partial charge < -0.3 is 55.1 Å². The average Bonchev–Trinajstić information content (AvgIpc) is 2.54. The first-order valence-electron chi connectivity index (χ1n) is 7.08. The molecule has 23 heavy (non-hydrogen) atoms. The van der Waals surface area contributed by atoms with E-state index in [1.165, 1.54) is 0 Å². The Labute approximate surface area is 130 Å². The highest BCUT2D eigenvalue weighted by Crippen LogP contribution is 2.28. The molecular formula is C12H22O11. The first-order valence-corrected chi connectivity index (χ1v) is 7.08. The molecule has 10 atom stereocenters. The lowest BCUT2D eigenvalue weighted by Crippen LogP contribution is -2.64. The lowest BCUT2D eigenvalue weighted by molar-refractivity contribution is -0.361. The first-order chi connectivity index (χ1) is 10.8. The molecule has 0 aliphatic carbocycles. The molecule has 0 spiro atoms. The summed E-state index contributed by atoms with van der Waals surface area (Å²) in [5.41, 5.74) is 0. The molecule has 11 nitrogen and oxygen atoms in total. The largest absolute Gasteiger partial charge is 0.394 e. The minimum absolute atomic E-state index is 0.651. The molecule has 0 unspecified atom stereocenters. The van der Waals surface area contributed by atoms with Gasteiger partial charge in [0.05, 0.1) is 13.2 Å². The van der Waals surface area contributed by atoms with Gasteiger partial charge in [0.25, 0.3) is 0 Å². The summed E-state index contributed by atoms with van der Waals surface area (Å²) >= 11 is 0. The predicted octanol–water partition coefficient (Wildman–Crippen LogP) is -5.40. The fourth-order valence-corrected chi connectivity index (χ4v) is 2.55. The highest BCUT2D eigenvalue weighted by molar-refractivity contribution is 4.93. The molecule has 2 heterocycles. The van der Waals surface area contributed by atoms with Gasteiger partial charge in [0.1, 0.15) is 48.8 Å². The minimum Gasteiger partial charge on any atom is -0.394 e. The van der Waals surface area contributed by atoms with Crippen molar-refractivity contribution in [1.29, 1.82) is 0 Å². The van der Waals surface area contributed by atoms with E-state index in [2.05, 4.69) is 0 Å². The van der Waals surface area contributed by atoms with Gasteiger partial charge in [-0.05, 0) is 0 Å². The van der Waals surface area contributed by atoms with Gasteiger partial charge in [0.15, 0.2) is 12.6 Å². The predicted molar refractivity (Wildman–Crippen MR) is 68.6 cm³/mol. The molecule has 0 bridgehead atoms. The average molecular weight is 342 g/mol. The smallest absolute Gasteiger partial charge is 0.187 e. The van der Waals surface area contributed by atoms with E-state index in [1.54, 1.807) is 0 Å². The minimum atomic E-state index is -1.75. The Morgan fingerprint density at radius 1 is 0.652 bits per heavy atom. The zero-order valence-corrected chi connectivity index (χ0v) is 12.0. The van der Waals surface area contributed by atoms with E-state index in [1.807, 2.05) is 0 Å². The summed E-state index contributed by atoms with van der Waals surface area (Å²) in [7, 11) is 0. The van der Waals surface area contributed by atoms with Gasteiger partial charge in [-0.1, -0.05) is 0 Å². The van der Waals surface area contributed by atoms with Crippen LogP contribution < -0.4 is 0 Å². The maximum absolute atomic E-state index is 9.94. The molecule has 2 aliphatic heterocycles. The second-order valence-electron chi connectivity index (χ2n) is 5.53. The van der Waals surface area contributed by atoms with Gasteiger partial charge in [-0.3, -0.25) is 0 Å². The Kier molecular flexibility index (Phi) is 6.27. The summed E-state index contributed by atoms with van der Waals surface area (Å²) in [6.45, 7) is -1.33. The quantitative estimate of drug-likeness (QED) is 0.243. The van der Waals surface area contributed by atoms with E-state index < -0.39 is 74.6 Å². The second kappa shape index (κ2) is 7.63. The topological polar surface area (TPSA) is 190 Å². The molecule has 0 amide bonds. The zero-order valence-electron chi connectivity index (χ0n) is 12.0. The van der Waals surface area contributed by atoms with Crippen LogP contribution >= 0.6 is 0 Å². The summed E-state index contributed by atoms with van der Waals surface area (Å²) in [4.78, 5) is 0. The monoisotopic (exact) mass is 342 g/mol. The molecule has 2 aliphatic rings. The van der Waals surface area contributed by atoms with Crippen molar-refractivity contribution in [3.05, 3.63) is 0 Å². The van der Waals surface area contributed by atoms with Crippen LogP contribution in [0.4, 0.5) is 0 Å². The van der Waals surface area contributed by atoms with Crippen molar-refractivity contribution in [2.24, 2.45) is 0 Å². The molecule has 136 valence electrons. The maximum atomic E-state index is 9.94. The third-order valence-corrected chi connectivity index (χ3v) is 3.98. The van der Waals surface area contributed by atoms with Gasteiger partial charge in [-0.25, -0.2) is 0 Å². The van der Waals surface area contributed by atoms with Crippen LogP contribution in [0.2, 0.25) is 0 Å². The van der Waals surface area contributed by atoms with E-state index in [9.17, 15) is 30.6 Å². The SMILES string of the molecule is OC[C@@H]1O[C@H](O[C@H]2[C@H](O)[C@@H](O)[C@H](CO)O[C@@H]2O)[C@@H](O)[C@H](O)[C@H]1O. The lowest BCUT2D eigenvalue weighted by atomic mass is 9.97. The van der Waals surface area contributed by atoms with Crippen molar-refractivity contribution >= 4 is 0 Å². The number of aliphatic hydroxyl groups excluding tert-OH is 8. The molecule has 0 aromatic carbocycles. The van der Waals surface area contributed by atoms with Crippen molar-refractivity contribution in [2.75, 3.05) is 13.2 Å². The molecule has 8 N–H and O–H groups in total. The van der Waals surface area contributed by atoms with Gasteiger partial charge in [0, 0.05) is 0 Å². The van der Waals surface area contributed by atoms with Gasteiger partial charge in [-0.2, -0.15) is 0 Å². The molecule has 0 aromatic heterocycles. The highest BCUT2D eigenvalue weighted by Gasteiger charge is 2.50. The molecule has 11 heteroatoms. The molecule has 2 saturated heterocycles. The molecule has 0 aromatic rings. The van der Waals surface area contributed by atoms with E-state index in [-0.39, 0.29) is 0 Å². The van der Waals surface area contributed by atoms with E-state index >= 15 is 0 Å². The van der Waals surface area contributed by atoms with Crippen LogP contribution in [-0.4, -0.2) is 115 Å². The summed E-state index contributed by atoms with van der Waals surface area (Å²) in [5.74, 6) is 0. The van der Waals surface area contributed by atoms with Crippen molar-refractivity contribution in [3.63, 3.8) is 0 Å². The van der Waals surface area contributed by atoms with Crippen LogP contribution in [0.3, 0.4) is 0 Å². The number of hydrogen-bond acceptors (Lipinski definition) is 11. The first kappa shape index (κ1) is 18.9. The Hall–Kier alpha value is -0.440. The summed E-state index contributed by atoms with van der Waals surface area (Å²) in [5, 5.41) is 76.7. The van der Waals surface area contributed by atoms with Crippen LogP contribution in [-0.2, 0) is 14.2 Å². The number of hydrogen-bond donors (Lipinski definition) is 8. The third kappa shape index (κ3) is 3.65. The van der Waals surface area contributed by atoms with Crippen molar-refractivity contribution in [2.45, 2.75) is 61.4 Å². The van der Waals surface area contributed by atoms with Crippen molar-refractivity contribution in [3.8, 4) is 0 Å². The molecule has 2 rings (SSSR count). The zero-order chi connectivity index (χ0) is 17.3. The summed E-state index contributed by atoms with van der Waals surface area (Å²) < 4.78 is 15.1. The van der Waals surface area contributed by atoms with Crippen molar-refractivity contribution < 1.29 is 55.1 Å². The standard InChI is InChI=1S/C12H22O11/c13-1-3-6(16)8(18)10(11(20)21-3)23-12-9(19)7(17)5(15)4(2-14)22-12/h3-20H,1-2H2/t3-,4-,5-,6-,7+,8+,9-,10-,11-,12+/m0/s1. The van der Waals surface area contributed by atoms with Crippen LogP contribution in [0.25, 0.3) is 0 Å². The van der Waals surface area contributed by atoms with Crippen LogP contribution in [0, 0.1) is 0 Å². The van der Waals surface area contributed by atoms with Gasteiger partial charge >= 0.3 is 0 Å². The van der Waals surface area contributed by atoms with Gasteiger partial charge in [-0.15, -0.1) is 0 Å². The maximum Gasteiger partial charge on any atom is 0.187 e. The molecule has 0 saturated carbocycles. The fraction of sp³-hybridized carbons (Fsp3) is 1.00. The number of ether oxygens (including phenoxy) is 3. The van der Waals surface area contributed by atoms with Crippen LogP contribution in [0.5, 0.6) is 0 Å². The third-order valence-electron chi connectivity index (χ3n) is 3.98. The van der Waals surface area contributed by atoms with E-state index in [0.29, 0.717) is 0 Å². The Morgan fingerprint density at radius 3 is 1.74 bits per heavy atom. The Balaban J connectivity index is 2.08. The normalized spacial score (nSPS) is 51.7.